The van der Waals surface area contributed by atoms with Gasteiger partial charge in [-0.3, -0.25) is 0 Å². The zero-order valence-electron chi connectivity index (χ0n) is 15.2. The summed E-state index contributed by atoms with van der Waals surface area (Å²) >= 11 is 0. The van der Waals surface area contributed by atoms with Crippen LogP contribution in [0.5, 0.6) is 0 Å². The molecule has 8 nitrogen and oxygen atoms in total. The van der Waals surface area contributed by atoms with E-state index in [1.807, 2.05) is 39.0 Å². The maximum Gasteiger partial charge on any atom is 0.389 e. The number of nitrogens with zero attached hydrogens (tertiary/aromatic N) is 1. The number of aliphatic hydroxyl groups excluding tert-OH is 1. The first-order chi connectivity index (χ1) is 11.7. The van der Waals surface area contributed by atoms with Gasteiger partial charge in [0.25, 0.3) is 0 Å². The minimum absolute atomic E-state index is 0.116. The minimum atomic E-state index is -4.17. The maximum atomic E-state index is 11.4. The van der Waals surface area contributed by atoms with Gasteiger partial charge in [-0.05, 0) is 31.4 Å². The Kier molecular flexibility index (Phi) is 11.0. The van der Waals surface area contributed by atoms with Crippen LogP contribution in [0.4, 0.5) is 5.69 Å². The van der Waals surface area contributed by atoms with E-state index in [4.69, 9.17) is 15.6 Å². The Morgan fingerprint density at radius 1 is 1.24 bits per heavy atom. The van der Waals surface area contributed by atoms with Crippen LogP contribution in [0.1, 0.15) is 31.4 Å². The highest BCUT2D eigenvalue weighted by Crippen LogP contribution is 2.13. The Bertz CT molecular complexity index is 613. The molecule has 1 aromatic carbocycles. The molecule has 0 radical (unpaired) electrons. The number of nitrogens with two attached hydrogens (primary N) is 1. The van der Waals surface area contributed by atoms with Crippen molar-refractivity contribution < 1.29 is 27.2 Å². The highest BCUT2D eigenvalue weighted by atomic mass is 32.2. The van der Waals surface area contributed by atoms with Crippen molar-refractivity contribution in [3.8, 4) is 0 Å². The van der Waals surface area contributed by atoms with Gasteiger partial charge >= 0.3 is 16.3 Å². The predicted molar refractivity (Wildman–Crippen MR) is 95.9 cm³/mol. The molecule has 0 unspecified atom stereocenters. The van der Waals surface area contributed by atoms with Crippen LogP contribution < -0.4 is 5.73 Å². The van der Waals surface area contributed by atoms with E-state index >= 15 is 0 Å². The van der Waals surface area contributed by atoms with E-state index in [2.05, 4.69) is 4.18 Å². The van der Waals surface area contributed by atoms with Gasteiger partial charge < -0.3 is 19.8 Å². The zero-order valence-corrected chi connectivity index (χ0v) is 16.0. The summed E-state index contributed by atoms with van der Waals surface area (Å²) in [7, 11) is -4.17. The summed E-state index contributed by atoms with van der Waals surface area (Å²) in [5.41, 5.74) is 8.92. The van der Waals surface area contributed by atoms with Gasteiger partial charge in [0.05, 0.1) is 0 Å². The first kappa shape index (κ1) is 23.3. The molecule has 0 aromatic heterocycles. The molecule has 0 atom stereocenters. The smallest absolute Gasteiger partial charge is 0.389 e. The molecule has 0 aliphatic rings. The number of carbonyl (C=O) groups excluding carboxylic acids is 1. The summed E-state index contributed by atoms with van der Waals surface area (Å²) in [5, 5.41) is 8.38. The van der Waals surface area contributed by atoms with Gasteiger partial charge in [-0.25, -0.2) is 4.79 Å². The molecule has 1 rings (SSSR count). The Morgan fingerprint density at radius 2 is 1.80 bits per heavy atom. The number of carbonyl (C=O) groups is 1. The third-order valence-electron chi connectivity index (χ3n) is 3.12. The van der Waals surface area contributed by atoms with Crippen molar-refractivity contribution in [2.24, 2.45) is 0 Å². The van der Waals surface area contributed by atoms with Crippen LogP contribution in [0.25, 0.3) is 0 Å². The molecule has 144 valence electrons. The lowest BCUT2D eigenvalue weighted by atomic mass is 10.1. The number of anilines is 1. The number of rotatable bonds is 8. The van der Waals surface area contributed by atoms with E-state index in [1.165, 1.54) is 0 Å². The summed E-state index contributed by atoms with van der Waals surface area (Å²) in [5.74, 6) is -1.21. The average Bonchev–Trinajstić information content (AvgIpc) is 2.56. The number of aliphatic hydroxyl groups is 1. The lowest BCUT2D eigenvalue weighted by Gasteiger charge is -2.18. The normalized spacial score (nSPS) is 11.0. The van der Waals surface area contributed by atoms with Crippen molar-refractivity contribution in [1.82, 2.24) is 4.31 Å². The Balaban J connectivity index is 0.000000535. The van der Waals surface area contributed by atoms with Crippen LogP contribution in [0, 0.1) is 13.8 Å². The molecule has 0 heterocycles. The van der Waals surface area contributed by atoms with E-state index in [0.717, 1.165) is 27.5 Å². The minimum Gasteiger partial charge on any atom is -0.398 e. The second-order valence-corrected chi connectivity index (χ2v) is 6.72. The molecular formula is C16H28N2O6S. The van der Waals surface area contributed by atoms with Gasteiger partial charge in [0.2, 0.25) is 0 Å². The highest BCUT2D eigenvalue weighted by Gasteiger charge is 2.24. The van der Waals surface area contributed by atoms with Crippen molar-refractivity contribution in [3.63, 3.8) is 0 Å². The number of hydrogen-bond donors (Lipinski definition) is 2. The second-order valence-electron chi connectivity index (χ2n) is 5.18. The highest BCUT2D eigenvalue weighted by molar-refractivity contribution is 7.84. The van der Waals surface area contributed by atoms with Crippen molar-refractivity contribution in [2.75, 3.05) is 32.2 Å². The van der Waals surface area contributed by atoms with Crippen molar-refractivity contribution >= 4 is 22.0 Å². The number of para-hydroxylation sites is 1. The van der Waals surface area contributed by atoms with Gasteiger partial charge in [0.1, 0.15) is 13.3 Å². The molecule has 0 saturated heterocycles. The molecule has 0 fully saturated rings. The van der Waals surface area contributed by atoms with E-state index in [1.54, 1.807) is 6.92 Å². The fraction of sp³-hybridized carbons (Fsp3) is 0.562. The van der Waals surface area contributed by atoms with Gasteiger partial charge in [0.15, 0.2) is 0 Å². The van der Waals surface area contributed by atoms with Gasteiger partial charge in [-0.2, -0.15) is 8.42 Å². The van der Waals surface area contributed by atoms with Crippen LogP contribution >= 0.6 is 0 Å². The van der Waals surface area contributed by atoms with Crippen LogP contribution in [-0.4, -0.2) is 50.3 Å². The third kappa shape index (κ3) is 8.82. The molecule has 0 amide bonds. The number of aryl methyl sites for hydroxylation is 2. The summed E-state index contributed by atoms with van der Waals surface area (Å²) in [6.45, 7) is 6.88. The molecule has 0 bridgehead atoms. The van der Waals surface area contributed by atoms with Gasteiger partial charge in [0, 0.05) is 18.8 Å². The molecule has 0 aliphatic heterocycles. The summed E-state index contributed by atoms with van der Waals surface area (Å²) in [6, 6.07) is 6.05. The first-order valence-corrected chi connectivity index (χ1v) is 9.28. The van der Waals surface area contributed by atoms with Crippen molar-refractivity contribution in [1.29, 1.82) is 0 Å². The quantitative estimate of drug-likeness (QED) is 0.399. The van der Waals surface area contributed by atoms with Crippen LogP contribution in [0.15, 0.2) is 18.2 Å². The lowest BCUT2D eigenvalue weighted by molar-refractivity contribution is -0.137. The molecular weight excluding hydrogens is 348 g/mol. The molecule has 25 heavy (non-hydrogen) atoms. The van der Waals surface area contributed by atoms with Crippen LogP contribution in [0.3, 0.4) is 0 Å². The molecule has 0 saturated carbocycles. The largest absolute Gasteiger partial charge is 0.398 e. The summed E-state index contributed by atoms with van der Waals surface area (Å²) in [6.07, 6.45) is 0.758. The zero-order chi connectivity index (χ0) is 19.5. The van der Waals surface area contributed by atoms with E-state index < -0.39 is 22.9 Å². The van der Waals surface area contributed by atoms with Crippen LogP contribution in [-0.2, 0) is 24.0 Å². The molecule has 0 spiro atoms. The van der Waals surface area contributed by atoms with Crippen molar-refractivity contribution in [3.05, 3.63) is 29.3 Å². The molecule has 9 heteroatoms. The van der Waals surface area contributed by atoms with Crippen molar-refractivity contribution in [2.45, 2.75) is 34.1 Å². The Labute approximate surface area is 149 Å². The topological polar surface area (TPSA) is 119 Å². The summed E-state index contributed by atoms with van der Waals surface area (Å²) in [4.78, 5) is 10.7. The molecule has 1 aromatic rings. The average molecular weight is 376 g/mol. The van der Waals surface area contributed by atoms with Gasteiger partial charge in [-0.1, -0.05) is 32.0 Å². The van der Waals surface area contributed by atoms with Gasteiger partial charge in [-0.15, -0.1) is 4.31 Å². The predicted octanol–water partition coefficient (Wildman–Crippen LogP) is 1.36. The Hall–Kier alpha value is -1.68. The number of nitrogen functional groups attached to an aromatic ring is 1. The first-order valence-electron chi connectivity index (χ1n) is 7.92. The van der Waals surface area contributed by atoms with E-state index in [9.17, 15) is 13.2 Å². The molecule has 3 N–H and O–H groups in total. The fourth-order valence-corrected chi connectivity index (χ4v) is 2.56. The second kappa shape index (κ2) is 11.8. The SMILES string of the molecule is CCCOCN(CC)S(=O)(=O)OC(=O)CO.Cc1cccc(C)c1N. The summed E-state index contributed by atoms with van der Waals surface area (Å²) < 4.78 is 32.8. The standard InChI is InChI=1S/C8H17NO6S.C8H11N/c1-3-5-14-7-9(4-2)16(12,13)15-8(11)6-10;1-6-4-3-5-7(2)8(6)9/h10H,3-7H2,1-2H3;3-5H,9H2,1-2H3. The van der Waals surface area contributed by atoms with Crippen LogP contribution in [0.2, 0.25) is 0 Å². The lowest BCUT2D eigenvalue weighted by Crippen LogP contribution is -2.36. The fourth-order valence-electron chi connectivity index (χ4n) is 1.65. The number of ether oxygens (including phenoxy) is 1. The molecule has 0 aliphatic carbocycles. The monoisotopic (exact) mass is 376 g/mol. The third-order valence-corrected chi connectivity index (χ3v) is 4.51. The Morgan fingerprint density at radius 3 is 2.20 bits per heavy atom. The van der Waals surface area contributed by atoms with E-state index in [0.29, 0.717) is 6.61 Å². The maximum absolute atomic E-state index is 11.4. The number of benzene rings is 1. The van der Waals surface area contributed by atoms with E-state index in [-0.39, 0.29) is 13.3 Å². The number of hydrogen-bond acceptors (Lipinski definition) is 7.